The van der Waals surface area contributed by atoms with Crippen LogP contribution in [0, 0.1) is 6.92 Å². The molecule has 138 valence electrons. The first-order chi connectivity index (χ1) is 12.5. The molecule has 1 aliphatic heterocycles. The Hall–Kier alpha value is -2.90. The van der Waals surface area contributed by atoms with Gasteiger partial charge in [-0.05, 0) is 25.5 Å². The Morgan fingerprint density at radius 2 is 1.96 bits per heavy atom. The molecule has 2 aromatic heterocycles. The van der Waals surface area contributed by atoms with Crippen LogP contribution in [-0.2, 0) is 0 Å². The topological polar surface area (TPSA) is 85.4 Å². The van der Waals surface area contributed by atoms with Crippen LogP contribution < -0.4 is 4.90 Å². The maximum absolute atomic E-state index is 12.7. The van der Waals surface area contributed by atoms with Crippen molar-refractivity contribution in [2.24, 2.45) is 0 Å². The fourth-order valence-corrected chi connectivity index (χ4v) is 3.02. The van der Waals surface area contributed by atoms with Crippen molar-refractivity contribution in [1.82, 2.24) is 24.8 Å². The largest absolute Gasteiger partial charge is 0.355 e. The molecule has 1 N–H and O–H groups in total. The molecule has 1 saturated heterocycles. The third kappa shape index (κ3) is 3.68. The lowest BCUT2D eigenvalue weighted by molar-refractivity contribution is 0.0760. The van der Waals surface area contributed by atoms with E-state index in [0.29, 0.717) is 31.0 Å². The first kappa shape index (κ1) is 17.9. The molecule has 2 amide bonds. The summed E-state index contributed by atoms with van der Waals surface area (Å²) in [6.45, 7) is 4.58. The van der Waals surface area contributed by atoms with Gasteiger partial charge in [-0.1, -0.05) is 6.07 Å². The van der Waals surface area contributed by atoms with Crippen molar-refractivity contribution in [2.75, 3.05) is 45.2 Å². The SMILES string of the molecule is Cc1[nH]cnc1C(=O)N1CCCN(c2cccc(C(=O)N(C)C)n2)CC1. The second-order valence-electron chi connectivity index (χ2n) is 6.59. The summed E-state index contributed by atoms with van der Waals surface area (Å²) in [5, 5.41) is 0. The van der Waals surface area contributed by atoms with E-state index in [9.17, 15) is 9.59 Å². The van der Waals surface area contributed by atoms with Crippen molar-refractivity contribution < 1.29 is 9.59 Å². The van der Waals surface area contributed by atoms with Crippen LogP contribution in [0.1, 0.15) is 33.1 Å². The number of pyridine rings is 1. The van der Waals surface area contributed by atoms with E-state index >= 15 is 0 Å². The molecule has 8 nitrogen and oxygen atoms in total. The predicted octanol–water partition coefficient (Wildman–Crippen LogP) is 1.17. The highest BCUT2D eigenvalue weighted by Crippen LogP contribution is 2.16. The molecule has 3 heterocycles. The number of hydrogen-bond donors (Lipinski definition) is 1. The molecule has 0 spiro atoms. The smallest absolute Gasteiger partial charge is 0.274 e. The number of nitrogens with one attached hydrogen (secondary N) is 1. The lowest BCUT2D eigenvalue weighted by Gasteiger charge is -2.23. The van der Waals surface area contributed by atoms with E-state index in [1.165, 1.54) is 4.90 Å². The van der Waals surface area contributed by atoms with Gasteiger partial charge in [0, 0.05) is 46.0 Å². The highest BCUT2D eigenvalue weighted by atomic mass is 16.2. The third-order valence-corrected chi connectivity index (χ3v) is 4.50. The molecule has 26 heavy (non-hydrogen) atoms. The van der Waals surface area contributed by atoms with Crippen molar-refractivity contribution in [3.05, 3.63) is 41.6 Å². The van der Waals surface area contributed by atoms with Crippen LogP contribution in [0.25, 0.3) is 0 Å². The molecule has 0 bridgehead atoms. The predicted molar refractivity (Wildman–Crippen MR) is 98.3 cm³/mol. The molecular formula is C18H24N6O2. The number of rotatable bonds is 3. The van der Waals surface area contributed by atoms with Gasteiger partial charge < -0.3 is 19.7 Å². The van der Waals surface area contributed by atoms with Gasteiger partial charge in [0.1, 0.15) is 17.2 Å². The number of nitrogens with zero attached hydrogens (tertiary/aromatic N) is 5. The van der Waals surface area contributed by atoms with Crippen molar-refractivity contribution in [1.29, 1.82) is 0 Å². The molecule has 1 fully saturated rings. The zero-order valence-corrected chi connectivity index (χ0v) is 15.4. The van der Waals surface area contributed by atoms with Gasteiger partial charge in [-0.2, -0.15) is 0 Å². The number of anilines is 1. The molecule has 0 saturated carbocycles. The van der Waals surface area contributed by atoms with E-state index in [0.717, 1.165) is 24.5 Å². The maximum atomic E-state index is 12.7. The van der Waals surface area contributed by atoms with Crippen molar-refractivity contribution >= 4 is 17.6 Å². The van der Waals surface area contributed by atoms with E-state index in [4.69, 9.17) is 0 Å². The summed E-state index contributed by atoms with van der Waals surface area (Å²) in [4.78, 5) is 41.8. The zero-order chi connectivity index (χ0) is 18.7. The number of aryl methyl sites for hydroxylation is 1. The van der Waals surface area contributed by atoms with Crippen LogP contribution in [-0.4, -0.2) is 76.8 Å². The molecule has 8 heteroatoms. The van der Waals surface area contributed by atoms with E-state index in [2.05, 4.69) is 19.9 Å². The Balaban J connectivity index is 1.71. The van der Waals surface area contributed by atoms with Crippen molar-refractivity contribution in [3.8, 4) is 0 Å². The normalized spacial score (nSPS) is 14.9. The Morgan fingerprint density at radius 3 is 2.65 bits per heavy atom. The highest BCUT2D eigenvalue weighted by molar-refractivity contribution is 5.93. The Labute approximate surface area is 152 Å². The number of carbonyl (C=O) groups is 2. The lowest BCUT2D eigenvalue weighted by atomic mass is 10.3. The summed E-state index contributed by atoms with van der Waals surface area (Å²) >= 11 is 0. The van der Waals surface area contributed by atoms with Gasteiger partial charge >= 0.3 is 0 Å². The van der Waals surface area contributed by atoms with Crippen molar-refractivity contribution in [3.63, 3.8) is 0 Å². The minimum atomic E-state index is -0.118. The zero-order valence-electron chi connectivity index (χ0n) is 15.4. The quantitative estimate of drug-likeness (QED) is 0.892. The number of aromatic amines is 1. The van der Waals surface area contributed by atoms with E-state index in [1.807, 2.05) is 24.0 Å². The summed E-state index contributed by atoms with van der Waals surface area (Å²) in [7, 11) is 3.42. The van der Waals surface area contributed by atoms with Gasteiger partial charge in [0.25, 0.3) is 11.8 Å². The Kier molecular flexibility index (Phi) is 5.20. The molecule has 0 aliphatic carbocycles. The molecule has 0 radical (unpaired) electrons. The number of imidazole rings is 1. The highest BCUT2D eigenvalue weighted by Gasteiger charge is 2.23. The van der Waals surface area contributed by atoms with Crippen LogP contribution >= 0.6 is 0 Å². The van der Waals surface area contributed by atoms with Crippen LogP contribution in [0.3, 0.4) is 0 Å². The van der Waals surface area contributed by atoms with Crippen LogP contribution in [0.2, 0.25) is 0 Å². The van der Waals surface area contributed by atoms with Gasteiger partial charge in [0.15, 0.2) is 0 Å². The van der Waals surface area contributed by atoms with Crippen LogP contribution in [0.4, 0.5) is 5.82 Å². The number of H-pyrrole nitrogens is 1. The second-order valence-corrected chi connectivity index (χ2v) is 6.59. The van der Waals surface area contributed by atoms with Crippen LogP contribution in [0.5, 0.6) is 0 Å². The van der Waals surface area contributed by atoms with Gasteiger partial charge in [-0.25, -0.2) is 9.97 Å². The summed E-state index contributed by atoms with van der Waals surface area (Å²) in [5.74, 6) is 0.602. The number of amides is 2. The van der Waals surface area contributed by atoms with Gasteiger partial charge in [0.2, 0.25) is 0 Å². The molecular weight excluding hydrogens is 332 g/mol. The average molecular weight is 356 g/mol. The van der Waals surface area contributed by atoms with Crippen LogP contribution in [0.15, 0.2) is 24.5 Å². The number of hydrogen-bond acceptors (Lipinski definition) is 5. The van der Waals surface area contributed by atoms with E-state index in [1.54, 1.807) is 26.5 Å². The number of aromatic nitrogens is 3. The Morgan fingerprint density at radius 1 is 1.15 bits per heavy atom. The molecule has 0 aromatic carbocycles. The second kappa shape index (κ2) is 7.55. The molecule has 3 rings (SSSR count). The van der Waals surface area contributed by atoms with E-state index < -0.39 is 0 Å². The average Bonchev–Trinajstić information content (AvgIpc) is 2.92. The van der Waals surface area contributed by atoms with Gasteiger partial charge in [-0.3, -0.25) is 9.59 Å². The minimum absolute atomic E-state index is 0.0462. The summed E-state index contributed by atoms with van der Waals surface area (Å²) < 4.78 is 0. The van der Waals surface area contributed by atoms with Gasteiger partial charge in [0.05, 0.1) is 6.33 Å². The molecule has 1 aliphatic rings. The monoisotopic (exact) mass is 356 g/mol. The first-order valence-electron chi connectivity index (χ1n) is 8.70. The first-order valence-corrected chi connectivity index (χ1v) is 8.70. The fraction of sp³-hybridized carbons (Fsp3) is 0.444. The molecule has 0 unspecified atom stereocenters. The molecule has 2 aromatic rings. The summed E-state index contributed by atoms with van der Waals surface area (Å²) in [5.41, 5.74) is 1.69. The third-order valence-electron chi connectivity index (χ3n) is 4.50. The lowest BCUT2D eigenvalue weighted by Crippen LogP contribution is -2.36. The van der Waals surface area contributed by atoms with Crippen molar-refractivity contribution in [2.45, 2.75) is 13.3 Å². The van der Waals surface area contributed by atoms with Gasteiger partial charge in [-0.15, -0.1) is 0 Å². The maximum Gasteiger partial charge on any atom is 0.274 e. The summed E-state index contributed by atoms with van der Waals surface area (Å²) in [6.07, 6.45) is 2.38. The summed E-state index contributed by atoms with van der Waals surface area (Å²) in [6, 6.07) is 5.47. The Bertz CT molecular complexity index is 800. The number of carbonyl (C=O) groups excluding carboxylic acids is 2. The fourth-order valence-electron chi connectivity index (χ4n) is 3.02. The standard InChI is InChI=1S/C18H24N6O2/c1-13-16(20-12-19-13)18(26)24-9-5-8-23(10-11-24)15-7-4-6-14(21-15)17(25)22(2)3/h4,6-7,12H,5,8-11H2,1-3H3,(H,19,20). The molecule has 0 atom stereocenters. The van der Waals surface area contributed by atoms with E-state index in [-0.39, 0.29) is 11.8 Å². The minimum Gasteiger partial charge on any atom is -0.355 e.